The summed E-state index contributed by atoms with van der Waals surface area (Å²) in [5, 5.41) is 5.48. The molecule has 0 aromatic heterocycles. The molecule has 9 heteroatoms. The Labute approximate surface area is 169 Å². The molecule has 0 radical (unpaired) electrons. The third-order valence-electron chi connectivity index (χ3n) is 4.90. The summed E-state index contributed by atoms with van der Waals surface area (Å²) >= 11 is 0. The molecular formula is C20H27N3O6. The SMILES string of the molecule is COCCN(CC(=O)NC1CCCC1)C(=O)C(=O)Nc1ccc2c(c1)OCCO2. The van der Waals surface area contributed by atoms with E-state index in [1.165, 1.54) is 12.0 Å². The quantitative estimate of drug-likeness (QED) is 0.654. The molecule has 29 heavy (non-hydrogen) atoms. The lowest BCUT2D eigenvalue weighted by Crippen LogP contribution is -2.48. The molecule has 9 nitrogen and oxygen atoms in total. The molecule has 158 valence electrons. The summed E-state index contributed by atoms with van der Waals surface area (Å²) in [5.74, 6) is -0.794. The normalized spacial score (nSPS) is 15.6. The first-order valence-electron chi connectivity index (χ1n) is 9.85. The van der Waals surface area contributed by atoms with E-state index in [0.29, 0.717) is 30.4 Å². The van der Waals surface area contributed by atoms with Gasteiger partial charge in [0.15, 0.2) is 11.5 Å². The Bertz CT molecular complexity index is 748. The molecule has 1 saturated carbocycles. The van der Waals surface area contributed by atoms with Crippen LogP contribution in [0.3, 0.4) is 0 Å². The Kier molecular flexibility index (Phi) is 7.29. The third kappa shape index (κ3) is 5.83. The van der Waals surface area contributed by atoms with E-state index in [0.717, 1.165) is 25.7 Å². The van der Waals surface area contributed by atoms with Crippen molar-refractivity contribution in [3.63, 3.8) is 0 Å². The lowest BCUT2D eigenvalue weighted by molar-refractivity contribution is -0.145. The van der Waals surface area contributed by atoms with Gasteiger partial charge < -0.3 is 29.7 Å². The van der Waals surface area contributed by atoms with Crippen molar-refractivity contribution in [2.24, 2.45) is 0 Å². The monoisotopic (exact) mass is 405 g/mol. The molecule has 3 rings (SSSR count). The highest BCUT2D eigenvalue weighted by atomic mass is 16.6. The number of methoxy groups -OCH3 is 1. The summed E-state index contributed by atoms with van der Waals surface area (Å²) in [7, 11) is 1.50. The molecule has 0 atom stereocenters. The van der Waals surface area contributed by atoms with E-state index in [1.807, 2.05) is 0 Å². The number of rotatable bonds is 7. The zero-order valence-corrected chi connectivity index (χ0v) is 16.6. The first kappa shape index (κ1) is 20.9. The number of anilines is 1. The predicted octanol–water partition coefficient (Wildman–Crippen LogP) is 0.930. The summed E-state index contributed by atoms with van der Waals surface area (Å²) in [4.78, 5) is 38.6. The Morgan fingerprint density at radius 3 is 2.59 bits per heavy atom. The number of ether oxygens (including phenoxy) is 3. The Hall–Kier alpha value is -2.81. The number of fused-ring (bicyclic) bond motifs is 1. The molecule has 1 aromatic rings. The maximum absolute atomic E-state index is 12.6. The zero-order chi connectivity index (χ0) is 20.6. The van der Waals surface area contributed by atoms with Gasteiger partial charge in [-0.05, 0) is 25.0 Å². The van der Waals surface area contributed by atoms with Gasteiger partial charge in [-0.1, -0.05) is 12.8 Å². The third-order valence-corrected chi connectivity index (χ3v) is 4.90. The van der Waals surface area contributed by atoms with E-state index < -0.39 is 11.8 Å². The van der Waals surface area contributed by atoms with Crippen molar-refractivity contribution >= 4 is 23.4 Å². The number of carbonyl (C=O) groups excluding carboxylic acids is 3. The van der Waals surface area contributed by atoms with Gasteiger partial charge in [-0.15, -0.1) is 0 Å². The van der Waals surface area contributed by atoms with Gasteiger partial charge in [0.25, 0.3) is 0 Å². The maximum atomic E-state index is 12.6. The molecule has 0 bridgehead atoms. The van der Waals surface area contributed by atoms with Crippen molar-refractivity contribution in [3.8, 4) is 11.5 Å². The minimum Gasteiger partial charge on any atom is -0.486 e. The molecule has 1 aliphatic carbocycles. The molecule has 2 N–H and O–H groups in total. The second kappa shape index (κ2) is 10.1. The molecule has 0 spiro atoms. The Morgan fingerprint density at radius 1 is 1.14 bits per heavy atom. The van der Waals surface area contributed by atoms with Gasteiger partial charge in [0.1, 0.15) is 19.8 Å². The number of hydrogen-bond donors (Lipinski definition) is 2. The highest BCUT2D eigenvalue weighted by molar-refractivity contribution is 6.39. The Morgan fingerprint density at radius 2 is 1.86 bits per heavy atom. The van der Waals surface area contributed by atoms with Crippen molar-refractivity contribution in [2.45, 2.75) is 31.7 Å². The fourth-order valence-corrected chi connectivity index (χ4v) is 3.42. The predicted molar refractivity (Wildman–Crippen MR) is 105 cm³/mol. The van der Waals surface area contributed by atoms with E-state index in [1.54, 1.807) is 18.2 Å². The van der Waals surface area contributed by atoms with Crippen LogP contribution in [0.25, 0.3) is 0 Å². The van der Waals surface area contributed by atoms with E-state index in [9.17, 15) is 14.4 Å². The van der Waals surface area contributed by atoms with Crippen LogP contribution in [0.15, 0.2) is 18.2 Å². The second-order valence-corrected chi connectivity index (χ2v) is 7.08. The number of benzene rings is 1. The second-order valence-electron chi connectivity index (χ2n) is 7.08. The van der Waals surface area contributed by atoms with Crippen LogP contribution < -0.4 is 20.1 Å². The van der Waals surface area contributed by atoms with Crippen LogP contribution in [0.4, 0.5) is 5.69 Å². The summed E-state index contributed by atoms with van der Waals surface area (Å²) in [5.41, 5.74) is 0.412. The standard InChI is InChI=1S/C20H27N3O6/c1-27-9-8-23(13-18(24)21-14-4-2-3-5-14)20(26)19(25)22-15-6-7-16-17(12-15)29-11-10-28-16/h6-7,12,14H,2-5,8-11,13H2,1H3,(H,21,24)(H,22,25). The van der Waals surface area contributed by atoms with E-state index >= 15 is 0 Å². The average molecular weight is 405 g/mol. The van der Waals surface area contributed by atoms with Gasteiger partial charge in [-0.2, -0.15) is 0 Å². The van der Waals surface area contributed by atoms with Gasteiger partial charge in [-0.25, -0.2) is 0 Å². The van der Waals surface area contributed by atoms with Gasteiger partial charge in [0, 0.05) is 31.5 Å². The lowest BCUT2D eigenvalue weighted by atomic mass is 10.2. The van der Waals surface area contributed by atoms with Crippen molar-refractivity contribution in [2.75, 3.05) is 45.3 Å². The van der Waals surface area contributed by atoms with Gasteiger partial charge in [-0.3, -0.25) is 14.4 Å². The number of nitrogens with one attached hydrogen (secondary N) is 2. The highest BCUT2D eigenvalue weighted by Crippen LogP contribution is 2.32. The van der Waals surface area contributed by atoms with Crippen molar-refractivity contribution in [3.05, 3.63) is 18.2 Å². The van der Waals surface area contributed by atoms with Crippen molar-refractivity contribution in [1.82, 2.24) is 10.2 Å². The number of hydrogen-bond acceptors (Lipinski definition) is 6. The molecular weight excluding hydrogens is 378 g/mol. The molecule has 2 aliphatic rings. The number of amides is 3. The fourth-order valence-electron chi connectivity index (χ4n) is 3.42. The van der Waals surface area contributed by atoms with Crippen LogP contribution in [0, 0.1) is 0 Å². The maximum Gasteiger partial charge on any atom is 0.313 e. The molecule has 1 aliphatic heterocycles. The van der Waals surface area contributed by atoms with Crippen LogP contribution in [-0.4, -0.2) is 68.7 Å². The zero-order valence-electron chi connectivity index (χ0n) is 16.6. The Balaban J connectivity index is 1.59. The van der Waals surface area contributed by atoms with E-state index in [2.05, 4.69) is 10.6 Å². The molecule has 0 unspecified atom stereocenters. The summed E-state index contributed by atoms with van der Waals surface area (Å²) in [6.45, 7) is 1.06. The molecule has 3 amide bonds. The van der Waals surface area contributed by atoms with Crippen LogP contribution in [0.2, 0.25) is 0 Å². The van der Waals surface area contributed by atoms with Crippen molar-refractivity contribution in [1.29, 1.82) is 0 Å². The summed E-state index contributed by atoms with van der Waals surface area (Å²) < 4.78 is 15.9. The summed E-state index contributed by atoms with van der Waals surface area (Å²) in [6.07, 6.45) is 4.08. The summed E-state index contributed by atoms with van der Waals surface area (Å²) in [6, 6.07) is 5.05. The van der Waals surface area contributed by atoms with Gasteiger partial charge >= 0.3 is 11.8 Å². The molecule has 1 heterocycles. The van der Waals surface area contributed by atoms with E-state index in [4.69, 9.17) is 14.2 Å². The van der Waals surface area contributed by atoms with Gasteiger partial charge in [0.05, 0.1) is 6.61 Å². The lowest BCUT2D eigenvalue weighted by Gasteiger charge is -2.23. The number of carbonyl (C=O) groups is 3. The minimum absolute atomic E-state index is 0.141. The first-order valence-corrected chi connectivity index (χ1v) is 9.85. The largest absolute Gasteiger partial charge is 0.486 e. The van der Waals surface area contributed by atoms with Crippen LogP contribution in [-0.2, 0) is 19.1 Å². The van der Waals surface area contributed by atoms with E-state index in [-0.39, 0.29) is 31.6 Å². The van der Waals surface area contributed by atoms with Crippen LogP contribution in [0.1, 0.15) is 25.7 Å². The fraction of sp³-hybridized carbons (Fsp3) is 0.550. The molecule has 0 saturated heterocycles. The minimum atomic E-state index is -0.827. The molecule has 1 aromatic carbocycles. The topological polar surface area (TPSA) is 106 Å². The van der Waals surface area contributed by atoms with Crippen LogP contribution >= 0.6 is 0 Å². The average Bonchev–Trinajstić information content (AvgIpc) is 3.23. The van der Waals surface area contributed by atoms with Gasteiger partial charge in [0.2, 0.25) is 5.91 Å². The molecule has 1 fully saturated rings. The van der Waals surface area contributed by atoms with Crippen molar-refractivity contribution < 1.29 is 28.6 Å². The highest BCUT2D eigenvalue weighted by Gasteiger charge is 2.26. The smallest absolute Gasteiger partial charge is 0.313 e. The first-order chi connectivity index (χ1) is 14.1. The van der Waals surface area contributed by atoms with Crippen LogP contribution in [0.5, 0.6) is 11.5 Å². The number of nitrogens with zero attached hydrogens (tertiary/aromatic N) is 1.